The molecular formula is C9H12BrN3O. The molecular weight excluding hydrogens is 246 g/mol. The lowest BCUT2D eigenvalue weighted by Crippen LogP contribution is -2.12. The molecule has 76 valence electrons. The molecule has 0 saturated heterocycles. The molecule has 0 bridgehead atoms. The van der Waals surface area contributed by atoms with E-state index in [9.17, 15) is 4.79 Å². The molecule has 0 atom stereocenters. The van der Waals surface area contributed by atoms with Crippen LogP contribution in [-0.4, -0.2) is 17.4 Å². The van der Waals surface area contributed by atoms with Gasteiger partial charge in [0.15, 0.2) is 0 Å². The van der Waals surface area contributed by atoms with Gasteiger partial charge in [-0.05, 0) is 28.4 Å². The second kappa shape index (κ2) is 5.59. The third kappa shape index (κ3) is 4.23. The SMILES string of the molecule is NC(=O)CCCNc1cncc(Br)c1. The van der Waals surface area contributed by atoms with Gasteiger partial charge in [0.1, 0.15) is 0 Å². The van der Waals surface area contributed by atoms with Crippen molar-refractivity contribution < 1.29 is 4.79 Å². The van der Waals surface area contributed by atoms with E-state index in [1.54, 1.807) is 12.4 Å². The minimum atomic E-state index is -0.265. The summed E-state index contributed by atoms with van der Waals surface area (Å²) in [5, 5.41) is 3.14. The second-order valence-electron chi connectivity index (χ2n) is 2.89. The highest BCUT2D eigenvalue weighted by atomic mass is 79.9. The number of amides is 1. The summed E-state index contributed by atoms with van der Waals surface area (Å²) < 4.78 is 0.928. The number of nitrogens with two attached hydrogens (primary N) is 1. The largest absolute Gasteiger partial charge is 0.384 e. The third-order valence-corrected chi connectivity index (χ3v) is 2.07. The number of hydrogen-bond acceptors (Lipinski definition) is 3. The fraction of sp³-hybridized carbons (Fsp3) is 0.333. The molecule has 0 aliphatic carbocycles. The Balaban J connectivity index is 2.28. The summed E-state index contributed by atoms with van der Waals surface area (Å²) in [5.74, 6) is -0.265. The molecule has 1 heterocycles. The van der Waals surface area contributed by atoms with Gasteiger partial charge in [0, 0.05) is 23.6 Å². The first-order valence-electron chi connectivity index (χ1n) is 4.31. The van der Waals surface area contributed by atoms with Crippen LogP contribution in [0.2, 0.25) is 0 Å². The minimum absolute atomic E-state index is 0.265. The van der Waals surface area contributed by atoms with Crippen LogP contribution in [0.25, 0.3) is 0 Å². The van der Waals surface area contributed by atoms with Crippen molar-refractivity contribution in [3.63, 3.8) is 0 Å². The third-order valence-electron chi connectivity index (χ3n) is 1.63. The first kappa shape index (κ1) is 11.0. The van der Waals surface area contributed by atoms with Crippen molar-refractivity contribution >= 4 is 27.5 Å². The molecule has 1 aromatic heterocycles. The Morgan fingerprint density at radius 3 is 3.00 bits per heavy atom. The number of halogens is 1. The van der Waals surface area contributed by atoms with Gasteiger partial charge in [-0.2, -0.15) is 0 Å². The number of carbonyl (C=O) groups is 1. The summed E-state index contributed by atoms with van der Waals surface area (Å²) in [6, 6.07) is 1.93. The quantitative estimate of drug-likeness (QED) is 0.787. The minimum Gasteiger partial charge on any atom is -0.384 e. The van der Waals surface area contributed by atoms with E-state index in [0.29, 0.717) is 6.42 Å². The van der Waals surface area contributed by atoms with Crippen LogP contribution in [0.1, 0.15) is 12.8 Å². The number of pyridine rings is 1. The second-order valence-corrected chi connectivity index (χ2v) is 3.80. The highest BCUT2D eigenvalue weighted by molar-refractivity contribution is 9.10. The van der Waals surface area contributed by atoms with Crippen LogP contribution in [0.3, 0.4) is 0 Å². The summed E-state index contributed by atoms with van der Waals surface area (Å²) in [5.41, 5.74) is 5.94. The Labute approximate surface area is 91.0 Å². The highest BCUT2D eigenvalue weighted by Crippen LogP contribution is 2.13. The van der Waals surface area contributed by atoms with Gasteiger partial charge in [-0.1, -0.05) is 0 Å². The normalized spacial score (nSPS) is 9.79. The number of rotatable bonds is 5. The van der Waals surface area contributed by atoms with Crippen LogP contribution in [0.5, 0.6) is 0 Å². The molecule has 1 aromatic rings. The molecule has 0 radical (unpaired) electrons. The van der Waals surface area contributed by atoms with Gasteiger partial charge in [0.05, 0.1) is 11.9 Å². The fourth-order valence-corrected chi connectivity index (χ4v) is 1.37. The van der Waals surface area contributed by atoms with Crippen molar-refractivity contribution in [3.8, 4) is 0 Å². The van der Waals surface area contributed by atoms with E-state index in [2.05, 4.69) is 26.2 Å². The van der Waals surface area contributed by atoms with Gasteiger partial charge in [0.2, 0.25) is 5.91 Å². The average Bonchev–Trinajstić information content (AvgIpc) is 2.12. The predicted octanol–water partition coefficient (Wildman–Crippen LogP) is 1.52. The molecule has 14 heavy (non-hydrogen) atoms. The summed E-state index contributed by atoms with van der Waals surface area (Å²) in [6.45, 7) is 0.723. The van der Waals surface area contributed by atoms with Crippen LogP contribution < -0.4 is 11.1 Å². The van der Waals surface area contributed by atoms with E-state index in [0.717, 1.165) is 23.1 Å². The molecule has 1 rings (SSSR count). The summed E-state index contributed by atoms with van der Waals surface area (Å²) in [6.07, 6.45) is 4.60. The van der Waals surface area contributed by atoms with E-state index in [1.807, 2.05) is 6.07 Å². The molecule has 0 unspecified atom stereocenters. The monoisotopic (exact) mass is 257 g/mol. The van der Waals surface area contributed by atoms with Crippen molar-refractivity contribution in [2.24, 2.45) is 5.73 Å². The smallest absolute Gasteiger partial charge is 0.217 e. The first-order valence-corrected chi connectivity index (χ1v) is 5.10. The highest BCUT2D eigenvalue weighted by Gasteiger charge is 1.95. The molecule has 0 aliphatic heterocycles. The maximum atomic E-state index is 10.4. The maximum absolute atomic E-state index is 10.4. The van der Waals surface area contributed by atoms with Crippen molar-refractivity contribution in [2.75, 3.05) is 11.9 Å². The van der Waals surface area contributed by atoms with Crippen LogP contribution >= 0.6 is 15.9 Å². The number of primary amides is 1. The van der Waals surface area contributed by atoms with Crippen LogP contribution in [-0.2, 0) is 4.79 Å². The number of carbonyl (C=O) groups excluding carboxylic acids is 1. The Morgan fingerprint density at radius 1 is 1.57 bits per heavy atom. The maximum Gasteiger partial charge on any atom is 0.217 e. The zero-order chi connectivity index (χ0) is 10.4. The predicted molar refractivity (Wildman–Crippen MR) is 58.9 cm³/mol. The fourth-order valence-electron chi connectivity index (χ4n) is 1.00. The lowest BCUT2D eigenvalue weighted by molar-refractivity contribution is -0.118. The van der Waals surface area contributed by atoms with Crippen molar-refractivity contribution in [2.45, 2.75) is 12.8 Å². The number of anilines is 1. The Hall–Kier alpha value is -1.10. The van der Waals surface area contributed by atoms with Crippen LogP contribution in [0, 0.1) is 0 Å². The van der Waals surface area contributed by atoms with E-state index in [-0.39, 0.29) is 5.91 Å². The summed E-state index contributed by atoms with van der Waals surface area (Å²) in [4.78, 5) is 14.4. The number of nitrogens with one attached hydrogen (secondary N) is 1. The molecule has 4 nitrogen and oxygen atoms in total. The van der Waals surface area contributed by atoms with Gasteiger partial charge in [-0.25, -0.2) is 0 Å². The van der Waals surface area contributed by atoms with Crippen LogP contribution in [0.15, 0.2) is 22.9 Å². The Kier molecular flexibility index (Phi) is 4.39. The Bertz CT molecular complexity index is 317. The van der Waals surface area contributed by atoms with Gasteiger partial charge >= 0.3 is 0 Å². The molecule has 3 N–H and O–H groups in total. The van der Waals surface area contributed by atoms with E-state index in [4.69, 9.17) is 5.73 Å². The Morgan fingerprint density at radius 2 is 2.36 bits per heavy atom. The van der Waals surface area contributed by atoms with Gasteiger partial charge in [-0.15, -0.1) is 0 Å². The van der Waals surface area contributed by atoms with E-state index >= 15 is 0 Å². The van der Waals surface area contributed by atoms with Gasteiger partial charge < -0.3 is 11.1 Å². The van der Waals surface area contributed by atoms with Crippen molar-refractivity contribution in [1.82, 2.24) is 4.98 Å². The van der Waals surface area contributed by atoms with Crippen molar-refractivity contribution in [3.05, 3.63) is 22.9 Å². The lowest BCUT2D eigenvalue weighted by atomic mass is 10.3. The molecule has 5 heteroatoms. The topological polar surface area (TPSA) is 68.0 Å². The number of nitrogens with zero attached hydrogens (tertiary/aromatic N) is 1. The van der Waals surface area contributed by atoms with E-state index < -0.39 is 0 Å². The number of aromatic nitrogens is 1. The summed E-state index contributed by atoms with van der Waals surface area (Å²) in [7, 11) is 0. The molecule has 1 amide bonds. The number of hydrogen-bond donors (Lipinski definition) is 2. The summed E-state index contributed by atoms with van der Waals surface area (Å²) >= 11 is 3.32. The molecule has 0 aromatic carbocycles. The standard InChI is InChI=1S/C9H12BrN3O/c10-7-4-8(6-12-5-7)13-3-1-2-9(11)14/h4-6,13H,1-3H2,(H2,11,14). The molecule has 0 aliphatic rings. The zero-order valence-corrected chi connectivity index (χ0v) is 9.25. The average molecular weight is 258 g/mol. The molecule has 0 fully saturated rings. The lowest BCUT2D eigenvalue weighted by Gasteiger charge is -2.04. The van der Waals surface area contributed by atoms with Gasteiger partial charge in [-0.3, -0.25) is 9.78 Å². The van der Waals surface area contributed by atoms with Crippen LogP contribution in [0.4, 0.5) is 5.69 Å². The van der Waals surface area contributed by atoms with E-state index in [1.165, 1.54) is 0 Å². The first-order chi connectivity index (χ1) is 6.68. The molecule has 0 saturated carbocycles. The molecule has 0 spiro atoms. The van der Waals surface area contributed by atoms with Crippen molar-refractivity contribution in [1.29, 1.82) is 0 Å². The van der Waals surface area contributed by atoms with Gasteiger partial charge in [0.25, 0.3) is 0 Å². The zero-order valence-electron chi connectivity index (χ0n) is 7.66.